The largest absolute Gasteiger partial charge is 0.484 e. The van der Waals surface area contributed by atoms with Crippen LogP contribution in [0.25, 0.3) is 0 Å². The lowest BCUT2D eigenvalue weighted by Crippen LogP contribution is -2.36. The van der Waals surface area contributed by atoms with Crippen molar-refractivity contribution in [1.29, 1.82) is 0 Å². The van der Waals surface area contributed by atoms with Gasteiger partial charge in [0.25, 0.3) is 5.91 Å². The number of nitrogens with one attached hydrogen (secondary N) is 2. The second-order valence-corrected chi connectivity index (χ2v) is 10.1. The van der Waals surface area contributed by atoms with E-state index in [0.29, 0.717) is 5.75 Å². The molecule has 6 nitrogen and oxygen atoms in total. The van der Waals surface area contributed by atoms with Gasteiger partial charge in [0.2, 0.25) is 10.0 Å². The van der Waals surface area contributed by atoms with Gasteiger partial charge >= 0.3 is 0 Å². The summed E-state index contributed by atoms with van der Waals surface area (Å²) >= 11 is 0. The Labute approximate surface area is 184 Å². The minimum atomic E-state index is -3.54. The van der Waals surface area contributed by atoms with Crippen LogP contribution in [0.4, 0.5) is 0 Å². The lowest BCUT2D eigenvalue weighted by atomic mass is 9.88. The van der Waals surface area contributed by atoms with E-state index in [-0.39, 0.29) is 29.5 Å². The maximum atomic E-state index is 12.6. The Morgan fingerprint density at radius 2 is 1.68 bits per heavy atom. The van der Waals surface area contributed by atoms with E-state index in [9.17, 15) is 13.2 Å². The number of carbonyl (C=O) groups excluding carboxylic acids is 1. The van der Waals surface area contributed by atoms with Gasteiger partial charge in [0.15, 0.2) is 6.61 Å². The molecule has 0 unspecified atom stereocenters. The van der Waals surface area contributed by atoms with Crippen LogP contribution in [0, 0.1) is 0 Å². The highest BCUT2D eigenvalue weighted by molar-refractivity contribution is 7.89. The summed E-state index contributed by atoms with van der Waals surface area (Å²) < 4.78 is 33.6. The fraction of sp³-hybridized carbons (Fsp3) is 0.458. The van der Waals surface area contributed by atoms with Crippen molar-refractivity contribution < 1.29 is 17.9 Å². The van der Waals surface area contributed by atoms with Crippen LogP contribution in [0.2, 0.25) is 0 Å². The number of hydrogen-bond donors (Lipinski definition) is 2. The minimum Gasteiger partial charge on any atom is -0.484 e. The van der Waals surface area contributed by atoms with Crippen LogP contribution in [0.1, 0.15) is 62.1 Å². The van der Waals surface area contributed by atoms with E-state index in [4.69, 9.17) is 4.74 Å². The predicted molar refractivity (Wildman–Crippen MR) is 119 cm³/mol. The molecular weight excluding hydrogens is 412 g/mol. The molecule has 2 N–H and O–H groups in total. The molecule has 2 aliphatic carbocycles. The fourth-order valence-electron chi connectivity index (χ4n) is 4.51. The highest BCUT2D eigenvalue weighted by Crippen LogP contribution is 2.29. The van der Waals surface area contributed by atoms with E-state index >= 15 is 0 Å². The summed E-state index contributed by atoms with van der Waals surface area (Å²) in [7, 11) is -3.54. The third-order valence-electron chi connectivity index (χ3n) is 6.14. The van der Waals surface area contributed by atoms with E-state index in [1.54, 1.807) is 12.1 Å². The van der Waals surface area contributed by atoms with Crippen molar-refractivity contribution in [3.63, 3.8) is 0 Å². The molecule has 0 bridgehead atoms. The van der Waals surface area contributed by atoms with Crippen LogP contribution in [0.5, 0.6) is 5.75 Å². The van der Waals surface area contributed by atoms with Crippen LogP contribution in [-0.4, -0.2) is 27.0 Å². The lowest BCUT2D eigenvalue weighted by molar-refractivity contribution is -0.124. The first-order valence-electron chi connectivity index (χ1n) is 11.1. The number of ether oxygens (including phenoxy) is 1. The number of hydrogen-bond acceptors (Lipinski definition) is 4. The van der Waals surface area contributed by atoms with Gasteiger partial charge in [0, 0.05) is 6.04 Å². The molecule has 1 amide bonds. The second-order valence-electron chi connectivity index (χ2n) is 8.43. The molecule has 4 rings (SSSR count). The molecule has 1 atom stereocenters. The number of carbonyl (C=O) groups is 1. The van der Waals surface area contributed by atoms with Gasteiger partial charge < -0.3 is 10.1 Å². The molecule has 166 valence electrons. The minimum absolute atomic E-state index is 0.0134. The van der Waals surface area contributed by atoms with Gasteiger partial charge in [-0.05, 0) is 67.5 Å². The number of amides is 1. The smallest absolute Gasteiger partial charge is 0.258 e. The van der Waals surface area contributed by atoms with Crippen molar-refractivity contribution in [2.45, 2.75) is 68.3 Å². The molecule has 0 spiro atoms. The molecule has 2 aromatic rings. The Kier molecular flexibility index (Phi) is 6.92. The van der Waals surface area contributed by atoms with Crippen LogP contribution in [0.3, 0.4) is 0 Å². The molecule has 31 heavy (non-hydrogen) atoms. The summed E-state index contributed by atoms with van der Waals surface area (Å²) in [6.45, 7) is -0.106. The SMILES string of the molecule is O=C(COc1ccc(S(=O)(=O)NC2CCCCC2)cc1)N[C@H]1CCCc2ccccc21. The Bertz CT molecular complexity index is 998. The highest BCUT2D eigenvalue weighted by Gasteiger charge is 2.23. The Hall–Kier alpha value is -2.38. The molecule has 2 aliphatic rings. The normalized spacial score (nSPS) is 19.4. The van der Waals surface area contributed by atoms with Gasteiger partial charge in [-0.15, -0.1) is 0 Å². The maximum absolute atomic E-state index is 12.6. The van der Waals surface area contributed by atoms with Crippen LogP contribution in [0.15, 0.2) is 53.4 Å². The Morgan fingerprint density at radius 3 is 2.45 bits per heavy atom. The molecule has 0 aliphatic heterocycles. The standard InChI is InChI=1S/C24H30N2O4S/c27-24(25-23-12-6-8-18-7-4-5-11-22(18)23)17-30-20-13-15-21(16-14-20)31(28,29)26-19-9-2-1-3-10-19/h4-5,7,11,13-16,19,23,26H,1-3,6,8-10,12,17H2,(H,25,27)/t23-/m0/s1. The molecule has 0 aromatic heterocycles. The van der Waals surface area contributed by atoms with E-state index < -0.39 is 10.0 Å². The predicted octanol–water partition coefficient (Wildman–Crippen LogP) is 3.87. The van der Waals surface area contributed by atoms with Crippen molar-refractivity contribution in [1.82, 2.24) is 10.0 Å². The van der Waals surface area contributed by atoms with E-state index in [2.05, 4.69) is 22.2 Å². The first-order valence-corrected chi connectivity index (χ1v) is 12.6. The van der Waals surface area contributed by atoms with E-state index in [1.165, 1.54) is 29.7 Å². The number of aryl methyl sites for hydroxylation is 1. The lowest BCUT2D eigenvalue weighted by Gasteiger charge is -2.26. The molecule has 0 saturated heterocycles. The number of benzene rings is 2. The molecular formula is C24H30N2O4S. The van der Waals surface area contributed by atoms with E-state index in [1.807, 2.05) is 12.1 Å². The number of sulfonamides is 1. The molecule has 2 aromatic carbocycles. The zero-order chi connectivity index (χ0) is 21.7. The second kappa shape index (κ2) is 9.83. The Balaban J connectivity index is 1.30. The molecule has 1 saturated carbocycles. The van der Waals surface area contributed by atoms with Gasteiger partial charge in [0.1, 0.15) is 5.75 Å². The third kappa shape index (κ3) is 5.66. The van der Waals surface area contributed by atoms with Gasteiger partial charge in [0.05, 0.1) is 10.9 Å². The van der Waals surface area contributed by atoms with Gasteiger partial charge in [-0.2, -0.15) is 0 Å². The summed E-state index contributed by atoms with van der Waals surface area (Å²) in [5, 5.41) is 3.06. The van der Waals surface area contributed by atoms with Crippen molar-refractivity contribution >= 4 is 15.9 Å². The highest BCUT2D eigenvalue weighted by atomic mass is 32.2. The summed E-state index contributed by atoms with van der Waals surface area (Å²) in [4.78, 5) is 12.6. The van der Waals surface area contributed by atoms with Crippen molar-refractivity contribution in [2.75, 3.05) is 6.61 Å². The first kappa shape index (κ1) is 21.8. The van der Waals surface area contributed by atoms with Crippen LogP contribution in [-0.2, 0) is 21.2 Å². The summed E-state index contributed by atoms with van der Waals surface area (Å²) in [6, 6.07) is 14.5. The van der Waals surface area contributed by atoms with E-state index in [0.717, 1.165) is 44.9 Å². The summed E-state index contributed by atoms with van der Waals surface area (Å²) in [6.07, 6.45) is 8.09. The number of fused-ring (bicyclic) bond motifs is 1. The average Bonchev–Trinajstić information content (AvgIpc) is 2.79. The molecule has 0 heterocycles. The molecule has 0 radical (unpaired) electrons. The zero-order valence-corrected chi connectivity index (χ0v) is 18.5. The fourth-order valence-corrected chi connectivity index (χ4v) is 5.82. The van der Waals surface area contributed by atoms with Crippen molar-refractivity contribution in [3.05, 3.63) is 59.7 Å². The topological polar surface area (TPSA) is 84.5 Å². The summed E-state index contributed by atoms with van der Waals surface area (Å²) in [5.41, 5.74) is 2.47. The maximum Gasteiger partial charge on any atom is 0.258 e. The molecule has 1 fully saturated rings. The summed E-state index contributed by atoms with van der Waals surface area (Å²) in [5.74, 6) is 0.285. The molecule has 7 heteroatoms. The quantitative estimate of drug-likeness (QED) is 0.682. The van der Waals surface area contributed by atoms with Gasteiger partial charge in [-0.1, -0.05) is 43.5 Å². The average molecular weight is 443 g/mol. The Morgan fingerprint density at radius 1 is 0.935 bits per heavy atom. The third-order valence-corrected chi connectivity index (χ3v) is 7.67. The monoisotopic (exact) mass is 442 g/mol. The van der Waals surface area contributed by atoms with Gasteiger partial charge in [-0.3, -0.25) is 4.79 Å². The van der Waals surface area contributed by atoms with Gasteiger partial charge in [-0.25, -0.2) is 13.1 Å². The van der Waals surface area contributed by atoms with Crippen molar-refractivity contribution in [3.8, 4) is 5.75 Å². The first-order chi connectivity index (χ1) is 15.0. The number of rotatable bonds is 7. The van der Waals surface area contributed by atoms with Crippen LogP contribution < -0.4 is 14.8 Å². The van der Waals surface area contributed by atoms with Crippen molar-refractivity contribution in [2.24, 2.45) is 0 Å². The zero-order valence-electron chi connectivity index (χ0n) is 17.7. The van der Waals surface area contributed by atoms with Crippen LogP contribution >= 0.6 is 0 Å².